The smallest absolute Gasteiger partial charge is 0.416 e. The number of para-hydroxylation sites is 1. The fourth-order valence-electron chi connectivity index (χ4n) is 3.32. The second kappa shape index (κ2) is 9.88. The summed E-state index contributed by atoms with van der Waals surface area (Å²) >= 11 is -3.10. The first-order chi connectivity index (χ1) is 17.8. The molecular weight excluding hydrogens is 557 g/mol. The molecule has 0 amide bonds. The summed E-state index contributed by atoms with van der Waals surface area (Å²) in [6.45, 7) is 0. The van der Waals surface area contributed by atoms with Crippen molar-refractivity contribution >= 4 is 49.4 Å². The number of anilines is 2. The lowest BCUT2D eigenvalue weighted by Gasteiger charge is -2.25. The van der Waals surface area contributed by atoms with E-state index < -0.39 is 65.6 Å². The van der Waals surface area contributed by atoms with Gasteiger partial charge in [-0.1, -0.05) is 18.2 Å². The molecule has 4 rings (SSSR count). The Morgan fingerprint density at radius 2 is 1.66 bits per heavy atom. The molecule has 0 spiro atoms. The van der Waals surface area contributed by atoms with Crippen LogP contribution in [0.1, 0.15) is 5.56 Å². The van der Waals surface area contributed by atoms with Gasteiger partial charge in [0.1, 0.15) is 10.6 Å². The highest BCUT2D eigenvalue weighted by Gasteiger charge is 2.32. The summed E-state index contributed by atoms with van der Waals surface area (Å²) in [5, 5.41) is 10.9. The largest absolute Gasteiger partial charge is 0.755 e. The second-order valence-electron chi connectivity index (χ2n) is 7.44. The fraction of sp³-hybridized carbons (Fsp3) is 0.0455. The first-order valence-electron chi connectivity index (χ1n) is 10.1. The number of benzene rings is 3. The first kappa shape index (κ1) is 26.8. The molecule has 4 aromatic rings. The van der Waals surface area contributed by atoms with Crippen molar-refractivity contribution in [3.63, 3.8) is 0 Å². The molecule has 198 valence electrons. The summed E-state index contributed by atoms with van der Waals surface area (Å²) < 4.78 is 98.9. The van der Waals surface area contributed by atoms with Crippen molar-refractivity contribution in [2.45, 2.75) is 11.1 Å². The topological polar surface area (TPSA) is 160 Å². The average Bonchev–Trinajstić information content (AvgIpc) is 2.84. The summed E-state index contributed by atoms with van der Waals surface area (Å²) in [5.41, 5.74) is -3.94. The molecule has 38 heavy (non-hydrogen) atoms. The highest BCUT2D eigenvalue weighted by molar-refractivity contribution is 7.87. The monoisotopic (exact) mass is 569 g/mol. The van der Waals surface area contributed by atoms with Crippen LogP contribution in [0.15, 0.2) is 86.9 Å². The predicted molar refractivity (Wildman–Crippen MR) is 126 cm³/mol. The normalized spacial score (nSPS) is 12.7. The molecule has 1 atom stereocenters. The van der Waals surface area contributed by atoms with Gasteiger partial charge in [0.05, 0.1) is 27.4 Å². The average molecular weight is 569 g/mol. The fourth-order valence-corrected chi connectivity index (χ4v) is 4.89. The third-order valence-corrected chi connectivity index (χ3v) is 6.95. The van der Waals surface area contributed by atoms with Gasteiger partial charge in [-0.25, -0.2) is 4.79 Å². The molecule has 16 heteroatoms. The van der Waals surface area contributed by atoms with Crippen LogP contribution in [0.4, 0.5) is 30.2 Å². The van der Waals surface area contributed by atoms with E-state index in [-0.39, 0.29) is 16.8 Å². The maximum absolute atomic E-state index is 13.0. The van der Waals surface area contributed by atoms with E-state index >= 15 is 0 Å². The van der Waals surface area contributed by atoms with Crippen LogP contribution in [-0.4, -0.2) is 22.1 Å². The van der Waals surface area contributed by atoms with Crippen molar-refractivity contribution in [3.05, 3.63) is 98.9 Å². The molecule has 11 nitrogen and oxygen atoms in total. The van der Waals surface area contributed by atoms with Crippen LogP contribution in [0.25, 0.3) is 11.0 Å². The number of hydrogen-bond donors (Lipinski definition) is 0. The molecule has 0 saturated heterocycles. The van der Waals surface area contributed by atoms with E-state index in [1.54, 1.807) is 0 Å². The number of nitro groups is 1. The van der Waals surface area contributed by atoms with Crippen molar-refractivity contribution in [1.29, 1.82) is 0 Å². The van der Waals surface area contributed by atoms with E-state index in [1.807, 2.05) is 0 Å². The van der Waals surface area contributed by atoms with Gasteiger partial charge < -0.3 is 13.2 Å². The van der Waals surface area contributed by atoms with Gasteiger partial charge >= 0.3 is 21.9 Å². The quantitative estimate of drug-likeness (QED) is 0.103. The van der Waals surface area contributed by atoms with Crippen LogP contribution in [-0.2, 0) is 27.6 Å². The minimum absolute atomic E-state index is 0.00583. The zero-order valence-corrected chi connectivity index (χ0v) is 20.1. The molecule has 3 aromatic carbocycles. The summed E-state index contributed by atoms with van der Waals surface area (Å²) in [4.78, 5) is 22.1. The minimum atomic E-state index is -4.82. The zero-order valence-electron chi connectivity index (χ0n) is 18.4. The molecule has 0 aliphatic heterocycles. The van der Waals surface area contributed by atoms with Crippen molar-refractivity contribution in [2.24, 2.45) is 0 Å². The lowest BCUT2D eigenvalue weighted by atomic mass is 10.2. The highest BCUT2D eigenvalue weighted by atomic mass is 32.2. The van der Waals surface area contributed by atoms with E-state index in [0.717, 1.165) is 48.5 Å². The highest BCUT2D eigenvalue weighted by Crippen LogP contribution is 2.34. The predicted octanol–water partition coefficient (Wildman–Crippen LogP) is 4.42. The lowest BCUT2D eigenvalue weighted by molar-refractivity contribution is -0.384. The zero-order chi connectivity index (χ0) is 27.8. The number of nitro benzene ring substituents is 1. The van der Waals surface area contributed by atoms with Gasteiger partial charge in [0.15, 0.2) is 11.3 Å². The molecule has 0 fully saturated rings. The van der Waals surface area contributed by atoms with Gasteiger partial charge in [-0.15, -0.1) is 0 Å². The molecule has 1 unspecified atom stereocenters. The third kappa shape index (κ3) is 5.36. The van der Waals surface area contributed by atoms with Crippen LogP contribution in [0, 0.1) is 10.1 Å². The van der Waals surface area contributed by atoms with Crippen molar-refractivity contribution in [2.75, 3.05) is 4.31 Å². The number of nitrogens with zero attached hydrogens (tertiary/aromatic N) is 2. The molecule has 0 aliphatic rings. The molecule has 0 radical (unpaired) electrons. The number of hydrogen-bond acceptors (Lipinski definition) is 9. The van der Waals surface area contributed by atoms with E-state index in [0.29, 0.717) is 16.4 Å². The maximum atomic E-state index is 13.0. The van der Waals surface area contributed by atoms with Gasteiger partial charge in [-0.05, 0) is 42.5 Å². The van der Waals surface area contributed by atoms with Gasteiger partial charge in [0.25, 0.3) is 5.69 Å². The Balaban J connectivity index is 1.76. The Bertz CT molecular complexity index is 1740. The van der Waals surface area contributed by atoms with Crippen LogP contribution in [0.3, 0.4) is 0 Å². The van der Waals surface area contributed by atoms with Crippen molar-refractivity contribution in [3.8, 4) is 5.75 Å². The van der Waals surface area contributed by atoms with Gasteiger partial charge in [-0.3, -0.25) is 18.6 Å². The standard InChI is InChI=1S/C22H13F3N2O9S2/c23-22(24,25)14-4-2-5-17(12-14)38(33,34)36-19-6-1-3-13-11-18(21(28)35-20(13)19)26(37(31)32)15-7-9-16(10-8-15)27(29)30/h1-12H,(H,31,32)/p-1. The Hall–Kier alpha value is -4.28. The van der Waals surface area contributed by atoms with E-state index in [9.17, 15) is 45.3 Å². The minimum Gasteiger partial charge on any atom is -0.755 e. The summed E-state index contributed by atoms with van der Waals surface area (Å²) in [5.74, 6) is -0.548. The van der Waals surface area contributed by atoms with Gasteiger partial charge in [-0.2, -0.15) is 21.6 Å². The van der Waals surface area contributed by atoms with Gasteiger partial charge in [0, 0.05) is 17.5 Å². The van der Waals surface area contributed by atoms with E-state index in [4.69, 9.17) is 8.60 Å². The lowest BCUT2D eigenvalue weighted by Crippen LogP contribution is -2.25. The molecular formula is C22H12F3N2O9S2-. The van der Waals surface area contributed by atoms with Crippen LogP contribution in [0.5, 0.6) is 5.75 Å². The molecule has 0 bridgehead atoms. The van der Waals surface area contributed by atoms with Gasteiger partial charge in [0.2, 0.25) is 0 Å². The number of alkyl halides is 3. The second-order valence-corrected chi connectivity index (χ2v) is 9.79. The first-order valence-corrected chi connectivity index (χ1v) is 12.5. The summed E-state index contributed by atoms with van der Waals surface area (Å²) in [6, 6.07) is 11.7. The van der Waals surface area contributed by atoms with E-state index in [1.165, 1.54) is 12.1 Å². The van der Waals surface area contributed by atoms with Crippen LogP contribution < -0.4 is 14.1 Å². The summed E-state index contributed by atoms with van der Waals surface area (Å²) in [6.07, 6.45) is -4.81. The summed E-state index contributed by atoms with van der Waals surface area (Å²) in [7, 11) is -4.82. The van der Waals surface area contributed by atoms with Crippen LogP contribution >= 0.6 is 0 Å². The van der Waals surface area contributed by atoms with Crippen molar-refractivity contribution < 1.29 is 43.9 Å². The molecule has 1 heterocycles. The SMILES string of the molecule is O=c1oc2c(OS(=O)(=O)c3cccc(C(F)(F)F)c3)cccc2cc1N(c1ccc([N+](=O)[O-])cc1)S(=O)[O-]. The number of rotatable bonds is 7. The molecule has 0 saturated carbocycles. The Morgan fingerprint density at radius 1 is 1.00 bits per heavy atom. The number of halogens is 3. The van der Waals surface area contributed by atoms with Crippen LogP contribution in [0.2, 0.25) is 0 Å². The third-order valence-electron chi connectivity index (χ3n) is 5.02. The number of fused-ring (bicyclic) bond motifs is 1. The maximum Gasteiger partial charge on any atom is 0.416 e. The Labute approximate surface area is 213 Å². The Morgan fingerprint density at radius 3 is 2.26 bits per heavy atom. The molecule has 0 N–H and O–H groups in total. The Kier molecular flexibility index (Phi) is 6.96. The van der Waals surface area contributed by atoms with E-state index in [2.05, 4.69) is 0 Å². The van der Waals surface area contributed by atoms with Crippen molar-refractivity contribution in [1.82, 2.24) is 0 Å². The molecule has 0 aliphatic carbocycles. The molecule has 1 aromatic heterocycles. The number of non-ortho nitro benzene ring substituents is 1.